The van der Waals surface area contributed by atoms with Gasteiger partial charge in [-0.2, -0.15) is 0 Å². The normalized spacial score (nSPS) is 10.4. The molecule has 1 rings (SSSR count). The molecule has 0 radical (unpaired) electrons. The Hall–Kier alpha value is -1.51. The third kappa shape index (κ3) is 3.77. The van der Waals surface area contributed by atoms with Crippen LogP contribution in [0.15, 0.2) is 24.3 Å². The van der Waals surface area contributed by atoms with E-state index >= 15 is 0 Å². The van der Waals surface area contributed by atoms with Crippen molar-refractivity contribution in [2.75, 3.05) is 16.8 Å². The molecule has 0 aliphatic rings. The van der Waals surface area contributed by atoms with Crippen molar-refractivity contribution in [1.29, 1.82) is 0 Å². The zero-order chi connectivity index (χ0) is 12.8. The molecule has 0 bridgehead atoms. The highest BCUT2D eigenvalue weighted by Crippen LogP contribution is 2.19. The highest BCUT2D eigenvalue weighted by Gasteiger charge is 2.08. The van der Waals surface area contributed by atoms with E-state index in [1.165, 1.54) is 5.69 Å². The van der Waals surface area contributed by atoms with E-state index < -0.39 is 0 Å². The van der Waals surface area contributed by atoms with Gasteiger partial charge in [-0.25, -0.2) is 0 Å². The highest BCUT2D eigenvalue weighted by atomic mass is 16.1. The minimum absolute atomic E-state index is 0.0500. The van der Waals surface area contributed by atoms with Gasteiger partial charge in [-0.15, -0.1) is 0 Å². The summed E-state index contributed by atoms with van der Waals surface area (Å²) in [6, 6.07) is 8.49. The number of hydrogen-bond acceptors (Lipinski definition) is 2. The Morgan fingerprint density at radius 2 is 1.82 bits per heavy atom. The molecule has 94 valence electrons. The van der Waals surface area contributed by atoms with Gasteiger partial charge in [0, 0.05) is 30.4 Å². The third-order valence-corrected chi connectivity index (χ3v) is 2.77. The van der Waals surface area contributed by atoms with Crippen LogP contribution in [0.2, 0.25) is 0 Å². The molecule has 0 atom stereocenters. The summed E-state index contributed by atoms with van der Waals surface area (Å²) in [5.41, 5.74) is 2.05. The first-order valence-electron chi connectivity index (χ1n) is 6.25. The van der Waals surface area contributed by atoms with Gasteiger partial charge in [-0.1, -0.05) is 6.92 Å². The van der Waals surface area contributed by atoms with Gasteiger partial charge in [0.25, 0.3) is 0 Å². The summed E-state index contributed by atoms with van der Waals surface area (Å²) in [6.45, 7) is 9.33. The van der Waals surface area contributed by atoms with Crippen LogP contribution in [0.25, 0.3) is 0 Å². The monoisotopic (exact) mass is 234 g/mol. The van der Waals surface area contributed by atoms with Crippen LogP contribution in [0.4, 0.5) is 11.4 Å². The van der Waals surface area contributed by atoms with Gasteiger partial charge in [0.15, 0.2) is 0 Å². The summed E-state index contributed by atoms with van der Waals surface area (Å²) in [7, 11) is 0. The Bertz CT molecular complexity index is 357. The quantitative estimate of drug-likeness (QED) is 0.848. The topological polar surface area (TPSA) is 32.3 Å². The summed E-state index contributed by atoms with van der Waals surface area (Å²) >= 11 is 0. The van der Waals surface area contributed by atoms with Gasteiger partial charge in [-0.05, 0) is 45.0 Å². The fraction of sp³-hybridized carbons (Fsp3) is 0.500. The average Bonchev–Trinajstić information content (AvgIpc) is 2.31. The van der Waals surface area contributed by atoms with E-state index in [4.69, 9.17) is 0 Å². The molecule has 1 aromatic carbocycles. The second-order valence-electron chi connectivity index (χ2n) is 4.33. The van der Waals surface area contributed by atoms with Crippen LogP contribution in [0.5, 0.6) is 0 Å². The van der Waals surface area contributed by atoms with Gasteiger partial charge in [-0.3, -0.25) is 4.79 Å². The molecule has 0 aromatic heterocycles. The second kappa shape index (κ2) is 6.28. The summed E-state index contributed by atoms with van der Waals surface area (Å²) in [6.07, 6.45) is 0.509. The number of benzene rings is 1. The largest absolute Gasteiger partial charge is 0.369 e. The molecule has 0 heterocycles. The van der Waals surface area contributed by atoms with E-state index in [1.54, 1.807) is 0 Å². The van der Waals surface area contributed by atoms with Crippen molar-refractivity contribution < 1.29 is 4.79 Å². The van der Waals surface area contributed by atoms with E-state index in [0.29, 0.717) is 12.5 Å². The standard InChI is InChI=1S/C14H22N2O/c1-5-14(17)15-12-7-9-13(10-8-12)16(6-2)11(3)4/h7-11H,5-6H2,1-4H3,(H,15,17). The van der Waals surface area contributed by atoms with E-state index in [2.05, 4.69) is 43.1 Å². The zero-order valence-electron chi connectivity index (χ0n) is 11.2. The molecule has 17 heavy (non-hydrogen) atoms. The van der Waals surface area contributed by atoms with Crippen LogP contribution in [-0.4, -0.2) is 18.5 Å². The highest BCUT2D eigenvalue weighted by molar-refractivity contribution is 5.90. The summed E-state index contributed by atoms with van der Waals surface area (Å²) < 4.78 is 0. The van der Waals surface area contributed by atoms with Crippen molar-refractivity contribution in [3.63, 3.8) is 0 Å². The number of rotatable bonds is 5. The Morgan fingerprint density at radius 3 is 2.24 bits per heavy atom. The fourth-order valence-electron chi connectivity index (χ4n) is 1.83. The minimum atomic E-state index is 0.0500. The van der Waals surface area contributed by atoms with Crippen LogP contribution in [0.3, 0.4) is 0 Å². The second-order valence-corrected chi connectivity index (χ2v) is 4.33. The molecule has 1 N–H and O–H groups in total. The maximum Gasteiger partial charge on any atom is 0.224 e. The molecule has 0 saturated heterocycles. The Kier molecular flexibility index (Phi) is 5.01. The van der Waals surface area contributed by atoms with Crippen LogP contribution in [0, 0.1) is 0 Å². The van der Waals surface area contributed by atoms with Gasteiger partial charge in [0.05, 0.1) is 0 Å². The number of carbonyl (C=O) groups excluding carboxylic acids is 1. The maximum atomic E-state index is 11.2. The number of carbonyl (C=O) groups is 1. The van der Waals surface area contributed by atoms with Crippen molar-refractivity contribution in [3.05, 3.63) is 24.3 Å². The maximum absolute atomic E-state index is 11.2. The van der Waals surface area contributed by atoms with E-state index in [9.17, 15) is 4.79 Å². The molecule has 3 nitrogen and oxygen atoms in total. The molecule has 0 aliphatic heterocycles. The minimum Gasteiger partial charge on any atom is -0.369 e. The lowest BCUT2D eigenvalue weighted by Crippen LogP contribution is -2.30. The average molecular weight is 234 g/mol. The first-order chi connectivity index (χ1) is 8.08. The summed E-state index contributed by atoms with van der Waals surface area (Å²) in [4.78, 5) is 13.6. The van der Waals surface area contributed by atoms with Crippen molar-refractivity contribution >= 4 is 17.3 Å². The van der Waals surface area contributed by atoms with Gasteiger partial charge in [0.2, 0.25) is 5.91 Å². The van der Waals surface area contributed by atoms with Crippen molar-refractivity contribution in [1.82, 2.24) is 0 Å². The van der Waals surface area contributed by atoms with Crippen LogP contribution in [0.1, 0.15) is 34.1 Å². The van der Waals surface area contributed by atoms with E-state index in [0.717, 1.165) is 12.2 Å². The van der Waals surface area contributed by atoms with Crippen LogP contribution < -0.4 is 10.2 Å². The van der Waals surface area contributed by atoms with Gasteiger partial charge >= 0.3 is 0 Å². The van der Waals surface area contributed by atoms with Crippen molar-refractivity contribution in [2.24, 2.45) is 0 Å². The number of hydrogen-bond donors (Lipinski definition) is 1. The van der Waals surface area contributed by atoms with Gasteiger partial charge in [0.1, 0.15) is 0 Å². The predicted octanol–water partition coefficient (Wildman–Crippen LogP) is 3.27. The van der Waals surface area contributed by atoms with Crippen LogP contribution >= 0.6 is 0 Å². The number of nitrogens with one attached hydrogen (secondary N) is 1. The molecule has 1 amide bonds. The lowest BCUT2D eigenvalue weighted by molar-refractivity contribution is -0.115. The van der Waals surface area contributed by atoms with Crippen molar-refractivity contribution in [2.45, 2.75) is 40.2 Å². The number of amides is 1. The Labute approximate surface area is 104 Å². The van der Waals surface area contributed by atoms with E-state index in [-0.39, 0.29) is 5.91 Å². The molecule has 0 unspecified atom stereocenters. The lowest BCUT2D eigenvalue weighted by Gasteiger charge is -2.27. The molecule has 3 heteroatoms. The fourth-order valence-corrected chi connectivity index (χ4v) is 1.83. The molecule has 0 fully saturated rings. The first kappa shape index (κ1) is 13.6. The smallest absolute Gasteiger partial charge is 0.224 e. The van der Waals surface area contributed by atoms with Crippen LogP contribution in [-0.2, 0) is 4.79 Å². The Balaban J connectivity index is 2.76. The molecular formula is C14H22N2O. The van der Waals surface area contributed by atoms with Gasteiger partial charge < -0.3 is 10.2 Å². The molecule has 0 spiro atoms. The number of anilines is 2. The van der Waals surface area contributed by atoms with E-state index in [1.807, 2.05) is 19.1 Å². The molecule has 1 aromatic rings. The summed E-state index contributed by atoms with van der Waals surface area (Å²) in [5, 5.41) is 2.85. The lowest BCUT2D eigenvalue weighted by atomic mass is 10.2. The zero-order valence-corrected chi connectivity index (χ0v) is 11.2. The molecular weight excluding hydrogens is 212 g/mol. The molecule has 0 aliphatic carbocycles. The summed E-state index contributed by atoms with van der Waals surface area (Å²) in [5.74, 6) is 0.0500. The number of nitrogens with zero attached hydrogens (tertiary/aromatic N) is 1. The first-order valence-corrected chi connectivity index (χ1v) is 6.25. The molecule has 0 saturated carbocycles. The SMILES string of the molecule is CCC(=O)Nc1ccc(N(CC)C(C)C)cc1. The third-order valence-electron chi connectivity index (χ3n) is 2.77. The Morgan fingerprint density at radius 1 is 1.24 bits per heavy atom. The van der Waals surface area contributed by atoms with Crippen molar-refractivity contribution in [3.8, 4) is 0 Å². The predicted molar refractivity (Wildman–Crippen MR) is 73.5 cm³/mol.